The molecule has 0 radical (unpaired) electrons. The molecule has 1 atom stereocenters. The number of rotatable bonds is 5. The maximum atomic E-state index is 12.2. The van der Waals surface area contributed by atoms with Crippen LogP contribution < -0.4 is 4.72 Å². The van der Waals surface area contributed by atoms with Crippen molar-refractivity contribution in [3.05, 3.63) is 23.8 Å². The van der Waals surface area contributed by atoms with Gasteiger partial charge in [0, 0.05) is 6.04 Å². The predicted molar refractivity (Wildman–Crippen MR) is 65.5 cm³/mol. The molecule has 1 unspecified atom stereocenters. The quantitative estimate of drug-likeness (QED) is 0.764. The SMILES string of the molecule is CC(CC(F)(F)F)NS(=O)(=O)c1ccc(O)c(C(=O)O)c1. The van der Waals surface area contributed by atoms with E-state index in [1.165, 1.54) is 0 Å². The Morgan fingerprint density at radius 1 is 1.38 bits per heavy atom. The van der Waals surface area contributed by atoms with Crippen molar-refractivity contribution in [1.29, 1.82) is 0 Å². The van der Waals surface area contributed by atoms with Gasteiger partial charge >= 0.3 is 12.1 Å². The topological polar surface area (TPSA) is 104 Å². The van der Waals surface area contributed by atoms with Gasteiger partial charge in [-0.1, -0.05) is 0 Å². The lowest BCUT2D eigenvalue weighted by molar-refractivity contribution is -0.137. The number of aromatic hydroxyl groups is 1. The molecule has 118 valence electrons. The summed E-state index contributed by atoms with van der Waals surface area (Å²) in [6.07, 6.45) is -5.90. The molecule has 0 aliphatic rings. The van der Waals surface area contributed by atoms with Crippen LogP contribution in [0.25, 0.3) is 0 Å². The second-order valence-electron chi connectivity index (χ2n) is 4.33. The third-order valence-corrected chi connectivity index (χ3v) is 3.99. The van der Waals surface area contributed by atoms with Gasteiger partial charge < -0.3 is 10.2 Å². The van der Waals surface area contributed by atoms with Crippen LogP contribution in [0, 0.1) is 0 Å². The first-order valence-electron chi connectivity index (χ1n) is 5.58. The van der Waals surface area contributed by atoms with E-state index in [1.807, 2.05) is 0 Å². The van der Waals surface area contributed by atoms with Crippen molar-refractivity contribution < 1.29 is 36.6 Å². The fourth-order valence-corrected chi connectivity index (χ4v) is 2.84. The number of aromatic carboxylic acids is 1. The number of carboxylic acids is 1. The Morgan fingerprint density at radius 2 is 1.95 bits per heavy atom. The Kier molecular flexibility index (Phi) is 4.84. The molecule has 1 rings (SSSR count). The van der Waals surface area contributed by atoms with E-state index in [0.717, 1.165) is 19.1 Å². The number of carbonyl (C=O) groups is 1. The van der Waals surface area contributed by atoms with Gasteiger partial charge in [0.15, 0.2) is 0 Å². The Morgan fingerprint density at radius 3 is 2.43 bits per heavy atom. The van der Waals surface area contributed by atoms with Gasteiger partial charge in [0.1, 0.15) is 11.3 Å². The summed E-state index contributed by atoms with van der Waals surface area (Å²) < 4.78 is 62.0. The van der Waals surface area contributed by atoms with Gasteiger partial charge in [-0.05, 0) is 25.1 Å². The number of alkyl halides is 3. The third-order valence-electron chi connectivity index (χ3n) is 2.40. The molecular formula is C11H12F3NO5S. The molecule has 6 nitrogen and oxygen atoms in total. The standard InChI is InChI=1S/C11H12F3NO5S/c1-6(5-11(12,13)14)15-21(19,20)7-2-3-9(16)8(4-7)10(17)18/h2-4,6,15-16H,5H2,1H3,(H,17,18). The summed E-state index contributed by atoms with van der Waals surface area (Å²) in [5.74, 6) is -2.21. The molecule has 21 heavy (non-hydrogen) atoms. The van der Waals surface area contributed by atoms with E-state index in [4.69, 9.17) is 5.11 Å². The first kappa shape index (κ1) is 17.2. The predicted octanol–water partition coefficient (Wildman–Crippen LogP) is 1.71. The average Bonchev–Trinajstić information content (AvgIpc) is 2.24. The summed E-state index contributed by atoms with van der Waals surface area (Å²) in [7, 11) is -4.33. The van der Waals surface area contributed by atoms with Crippen molar-refractivity contribution >= 4 is 16.0 Å². The van der Waals surface area contributed by atoms with E-state index >= 15 is 0 Å². The highest BCUT2D eigenvalue weighted by molar-refractivity contribution is 7.89. The fraction of sp³-hybridized carbons (Fsp3) is 0.364. The smallest absolute Gasteiger partial charge is 0.390 e. The summed E-state index contributed by atoms with van der Waals surface area (Å²) >= 11 is 0. The Labute approximate surface area is 118 Å². The van der Waals surface area contributed by atoms with Crippen molar-refractivity contribution in [2.75, 3.05) is 0 Å². The van der Waals surface area contributed by atoms with Crippen LogP contribution in [-0.2, 0) is 10.0 Å². The van der Waals surface area contributed by atoms with Crippen LogP contribution in [0.15, 0.2) is 23.1 Å². The fourth-order valence-electron chi connectivity index (χ4n) is 1.58. The van der Waals surface area contributed by atoms with Crippen LogP contribution in [0.3, 0.4) is 0 Å². The van der Waals surface area contributed by atoms with Gasteiger partial charge in [0.05, 0.1) is 11.3 Å². The van der Waals surface area contributed by atoms with Crippen molar-refractivity contribution in [3.63, 3.8) is 0 Å². The molecule has 0 heterocycles. The van der Waals surface area contributed by atoms with Gasteiger partial charge in [-0.2, -0.15) is 13.2 Å². The lowest BCUT2D eigenvalue weighted by Gasteiger charge is -2.16. The molecule has 0 aromatic heterocycles. The van der Waals surface area contributed by atoms with Crippen LogP contribution in [-0.4, -0.2) is 36.8 Å². The van der Waals surface area contributed by atoms with Gasteiger partial charge in [-0.15, -0.1) is 0 Å². The summed E-state index contributed by atoms with van der Waals surface area (Å²) in [6, 6.07) is 0.981. The summed E-state index contributed by atoms with van der Waals surface area (Å²) in [4.78, 5) is 10.2. The number of benzene rings is 1. The average molecular weight is 327 g/mol. The number of carboxylic acid groups (broad SMARTS) is 1. The number of hydrogen-bond donors (Lipinski definition) is 3. The number of sulfonamides is 1. The van der Waals surface area contributed by atoms with E-state index in [0.29, 0.717) is 6.07 Å². The molecule has 0 aliphatic heterocycles. The Bertz CT molecular complexity index is 642. The Balaban J connectivity index is 3.04. The molecule has 0 saturated carbocycles. The summed E-state index contributed by atoms with van der Waals surface area (Å²) in [5.41, 5.74) is -0.665. The van der Waals surface area contributed by atoms with Crippen molar-refractivity contribution in [3.8, 4) is 5.75 Å². The molecule has 0 fully saturated rings. The molecular weight excluding hydrogens is 315 g/mol. The summed E-state index contributed by atoms with van der Waals surface area (Å²) in [6.45, 7) is 1.03. The number of nitrogens with one attached hydrogen (secondary N) is 1. The van der Waals surface area contributed by atoms with Crippen molar-refractivity contribution in [2.45, 2.75) is 30.5 Å². The largest absolute Gasteiger partial charge is 0.507 e. The van der Waals surface area contributed by atoms with Crippen LogP contribution >= 0.6 is 0 Å². The lowest BCUT2D eigenvalue weighted by Crippen LogP contribution is -2.36. The normalized spacial score (nSPS) is 13.9. The van der Waals surface area contributed by atoms with E-state index in [9.17, 15) is 31.5 Å². The number of halogens is 3. The Hall–Kier alpha value is -1.81. The first-order valence-corrected chi connectivity index (χ1v) is 7.06. The van der Waals surface area contributed by atoms with Gasteiger partial charge in [0.2, 0.25) is 10.0 Å². The summed E-state index contributed by atoms with van der Waals surface area (Å²) in [5, 5.41) is 18.0. The van der Waals surface area contributed by atoms with E-state index in [2.05, 4.69) is 0 Å². The zero-order valence-corrected chi connectivity index (χ0v) is 11.5. The van der Waals surface area contributed by atoms with Gasteiger partial charge in [0.25, 0.3) is 0 Å². The molecule has 1 aromatic carbocycles. The zero-order valence-electron chi connectivity index (χ0n) is 10.7. The molecule has 0 spiro atoms. The van der Waals surface area contributed by atoms with E-state index in [1.54, 1.807) is 4.72 Å². The number of phenols is 1. The third kappa shape index (κ3) is 4.90. The minimum Gasteiger partial charge on any atom is -0.507 e. The first-order chi connectivity index (χ1) is 9.42. The van der Waals surface area contributed by atoms with E-state index < -0.39 is 50.8 Å². The molecule has 3 N–H and O–H groups in total. The van der Waals surface area contributed by atoms with Crippen LogP contribution in [0.5, 0.6) is 5.75 Å². The molecule has 0 aliphatic carbocycles. The van der Waals surface area contributed by atoms with Crippen molar-refractivity contribution in [2.24, 2.45) is 0 Å². The van der Waals surface area contributed by atoms with Crippen molar-refractivity contribution in [1.82, 2.24) is 4.72 Å². The monoisotopic (exact) mass is 327 g/mol. The minimum atomic E-state index is -4.54. The highest BCUT2D eigenvalue weighted by atomic mass is 32.2. The molecule has 0 amide bonds. The second kappa shape index (κ2) is 5.90. The van der Waals surface area contributed by atoms with E-state index in [-0.39, 0.29) is 0 Å². The molecule has 0 bridgehead atoms. The minimum absolute atomic E-state index is 0.549. The lowest BCUT2D eigenvalue weighted by atomic mass is 10.2. The van der Waals surface area contributed by atoms with Crippen LogP contribution in [0.2, 0.25) is 0 Å². The number of hydrogen-bond acceptors (Lipinski definition) is 4. The van der Waals surface area contributed by atoms with Crippen LogP contribution in [0.4, 0.5) is 13.2 Å². The van der Waals surface area contributed by atoms with Crippen LogP contribution in [0.1, 0.15) is 23.7 Å². The maximum Gasteiger partial charge on any atom is 0.390 e. The highest BCUT2D eigenvalue weighted by Gasteiger charge is 2.32. The zero-order chi connectivity index (χ0) is 16.4. The highest BCUT2D eigenvalue weighted by Crippen LogP contribution is 2.24. The molecule has 10 heteroatoms. The molecule has 1 aromatic rings. The second-order valence-corrected chi connectivity index (χ2v) is 6.04. The van der Waals surface area contributed by atoms with Gasteiger partial charge in [-0.25, -0.2) is 17.9 Å². The maximum absolute atomic E-state index is 12.2. The molecule has 0 saturated heterocycles. The van der Waals surface area contributed by atoms with Gasteiger partial charge in [-0.3, -0.25) is 0 Å².